The number of carbonyl (C=O) groups excluding carboxylic acids is 2. The smallest absolute Gasteiger partial charge is 0.310 e. The van der Waals surface area contributed by atoms with Crippen LogP contribution in [0, 0.1) is 23.7 Å². The largest absolute Gasteiger partial charge is 0.465 e. The Kier molecular flexibility index (Phi) is 10.8. The second-order valence-electron chi connectivity index (χ2n) is 7.66. The van der Waals surface area contributed by atoms with Gasteiger partial charge in [-0.15, -0.1) is 0 Å². The van der Waals surface area contributed by atoms with Gasteiger partial charge in [0.05, 0.1) is 25.0 Å². The number of ether oxygens (including phenoxy) is 2. The molecule has 1 aliphatic rings. The highest BCUT2D eigenvalue weighted by Gasteiger charge is 2.47. The van der Waals surface area contributed by atoms with Crippen molar-refractivity contribution in [2.45, 2.75) is 85.5 Å². The van der Waals surface area contributed by atoms with E-state index in [0.29, 0.717) is 19.1 Å². The average Bonchev–Trinajstić information content (AvgIpc) is 2.89. The van der Waals surface area contributed by atoms with E-state index in [-0.39, 0.29) is 29.7 Å². The third-order valence-electron chi connectivity index (χ3n) is 5.58. The van der Waals surface area contributed by atoms with Gasteiger partial charge >= 0.3 is 11.9 Å². The van der Waals surface area contributed by atoms with Crippen LogP contribution in [0.5, 0.6) is 0 Å². The first-order valence-corrected chi connectivity index (χ1v) is 10.4. The van der Waals surface area contributed by atoms with Crippen molar-refractivity contribution in [1.29, 1.82) is 0 Å². The Bertz CT molecular complexity index is 393. The van der Waals surface area contributed by atoms with E-state index in [2.05, 4.69) is 27.7 Å². The second kappa shape index (κ2) is 12.3. The molecule has 1 fully saturated rings. The summed E-state index contributed by atoms with van der Waals surface area (Å²) >= 11 is 0. The minimum Gasteiger partial charge on any atom is -0.465 e. The summed E-state index contributed by atoms with van der Waals surface area (Å²) < 4.78 is 10.9. The fourth-order valence-corrected chi connectivity index (χ4v) is 3.71. The molecule has 0 heterocycles. The Morgan fingerprint density at radius 3 is 1.84 bits per heavy atom. The van der Waals surface area contributed by atoms with Crippen LogP contribution >= 0.6 is 0 Å². The first-order chi connectivity index (χ1) is 12.0. The van der Waals surface area contributed by atoms with Crippen molar-refractivity contribution in [3.05, 3.63) is 0 Å². The fourth-order valence-electron chi connectivity index (χ4n) is 3.71. The molecule has 1 saturated carbocycles. The van der Waals surface area contributed by atoms with Crippen LogP contribution in [0.1, 0.15) is 85.5 Å². The topological polar surface area (TPSA) is 52.6 Å². The van der Waals surface area contributed by atoms with Gasteiger partial charge in [-0.25, -0.2) is 0 Å². The van der Waals surface area contributed by atoms with E-state index in [9.17, 15) is 9.59 Å². The molecule has 0 aliphatic heterocycles. The zero-order chi connectivity index (χ0) is 18.7. The van der Waals surface area contributed by atoms with Crippen molar-refractivity contribution in [3.63, 3.8) is 0 Å². The summed E-state index contributed by atoms with van der Waals surface area (Å²) in [5.41, 5.74) is 0. The Hall–Kier alpha value is -1.06. The maximum absolute atomic E-state index is 12.5. The van der Waals surface area contributed by atoms with Gasteiger partial charge in [0.25, 0.3) is 0 Å². The predicted octanol–water partition coefficient (Wildman–Crippen LogP) is 5.14. The maximum Gasteiger partial charge on any atom is 0.310 e. The minimum absolute atomic E-state index is 0.167. The highest BCUT2D eigenvalue weighted by atomic mass is 16.5. The highest BCUT2D eigenvalue weighted by Crippen LogP contribution is 2.42. The Morgan fingerprint density at radius 2 is 1.32 bits per heavy atom. The second-order valence-corrected chi connectivity index (χ2v) is 7.66. The zero-order valence-electron chi connectivity index (χ0n) is 16.7. The third-order valence-corrected chi connectivity index (χ3v) is 5.58. The van der Waals surface area contributed by atoms with E-state index >= 15 is 0 Å². The lowest BCUT2D eigenvalue weighted by atomic mass is 9.89. The van der Waals surface area contributed by atoms with E-state index < -0.39 is 0 Å². The molecule has 0 aromatic carbocycles. The molecule has 4 nitrogen and oxygen atoms in total. The minimum atomic E-state index is -0.343. The van der Waals surface area contributed by atoms with E-state index in [4.69, 9.17) is 9.47 Å². The third kappa shape index (κ3) is 7.37. The molecule has 0 radical (unpaired) electrons. The normalized spacial score (nSPS) is 25.8. The molecular formula is C21H38O4. The summed E-state index contributed by atoms with van der Waals surface area (Å²) in [5.74, 6) is -0.582. The first-order valence-electron chi connectivity index (χ1n) is 10.4. The number of unbranched alkanes of at least 4 members (excludes halogenated alkanes) is 6. The highest BCUT2D eigenvalue weighted by molar-refractivity contribution is 5.83. The van der Waals surface area contributed by atoms with Gasteiger partial charge in [-0.3, -0.25) is 9.59 Å². The van der Waals surface area contributed by atoms with E-state index in [0.717, 1.165) is 44.9 Å². The lowest BCUT2D eigenvalue weighted by Crippen LogP contribution is -2.32. The molecule has 0 spiro atoms. The van der Waals surface area contributed by atoms with Crippen molar-refractivity contribution < 1.29 is 19.1 Å². The number of hydrogen-bond donors (Lipinski definition) is 0. The predicted molar refractivity (Wildman–Crippen MR) is 100 cm³/mol. The van der Waals surface area contributed by atoms with Crippen molar-refractivity contribution in [3.8, 4) is 0 Å². The van der Waals surface area contributed by atoms with Crippen molar-refractivity contribution in [1.82, 2.24) is 0 Å². The summed E-state index contributed by atoms with van der Waals surface area (Å²) in [5, 5.41) is 0. The monoisotopic (exact) mass is 354 g/mol. The number of carbonyl (C=O) groups is 2. The van der Waals surface area contributed by atoms with Crippen LogP contribution in [-0.2, 0) is 19.1 Å². The lowest BCUT2D eigenvalue weighted by molar-refractivity contribution is -0.160. The molecular weight excluding hydrogens is 316 g/mol. The molecule has 25 heavy (non-hydrogen) atoms. The van der Waals surface area contributed by atoms with Crippen LogP contribution in [0.2, 0.25) is 0 Å². The van der Waals surface area contributed by atoms with Crippen molar-refractivity contribution >= 4 is 11.9 Å². The summed E-state index contributed by atoms with van der Waals surface area (Å²) in [6, 6.07) is 0. The first kappa shape index (κ1) is 22.0. The molecule has 0 aromatic rings. The van der Waals surface area contributed by atoms with Gasteiger partial charge < -0.3 is 9.47 Å². The van der Waals surface area contributed by atoms with Crippen LogP contribution in [0.3, 0.4) is 0 Å². The molecule has 0 amide bonds. The van der Waals surface area contributed by atoms with Gasteiger partial charge in [-0.2, -0.15) is 0 Å². The van der Waals surface area contributed by atoms with Crippen LogP contribution in [-0.4, -0.2) is 25.2 Å². The lowest BCUT2D eigenvalue weighted by Gasteiger charge is -2.21. The van der Waals surface area contributed by atoms with E-state index in [1.54, 1.807) is 0 Å². The number of hydrogen-bond acceptors (Lipinski definition) is 4. The van der Waals surface area contributed by atoms with Gasteiger partial charge in [-0.1, -0.05) is 66.2 Å². The zero-order valence-corrected chi connectivity index (χ0v) is 16.7. The molecule has 4 heteroatoms. The van der Waals surface area contributed by atoms with Crippen LogP contribution in [0.4, 0.5) is 0 Å². The molecule has 146 valence electrons. The maximum atomic E-state index is 12.5. The SMILES string of the molecule is CCCCCCOC(=O)C1CC(C)C(C)C1C(=O)OCCCCCC. The number of esters is 2. The summed E-state index contributed by atoms with van der Waals surface area (Å²) in [6.45, 7) is 9.42. The van der Waals surface area contributed by atoms with Gasteiger partial charge in [0, 0.05) is 0 Å². The van der Waals surface area contributed by atoms with Crippen LogP contribution in [0.25, 0.3) is 0 Å². The average molecular weight is 355 g/mol. The molecule has 0 aromatic heterocycles. The summed E-state index contributed by atoms with van der Waals surface area (Å²) in [4.78, 5) is 25.0. The Morgan fingerprint density at radius 1 is 0.800 bits per heavy atom. The summed E-state index contributed by atoms with van der Waals surface area (Å²) in [6.07, 6.45) is 9.38. The Labute approximate surface area is 154 Å². The molecule has 1 aliphatic carbocycles. The fraction of sp³-hybridized carbons (Fsp3) is 0.905. The van der Waals surface area contributed by atoms with Gasteiger partial charge in [0.2, 0.25) is 0 Å². The standard InChI is InChI=1S/C21H38O4/c1-5-7-9-11-13-24-20(22)18-15-16(3)17(4)19(18)21(23)25-14-12-10-8-6-2/h16-19H,5-15H2,1-4H3. The van der Waals surface area contributed by atoms with Gasteiger partial charge in [0.1, 0.15) is 0 Å². The van der Waals surface area contributed by atoms with Crippen molar-refractivity contribution in [2.75, 3.05) is 13.2 Å². The van der Waals surface area contributed by atoms with Crippen LogP contribution < -0.4 is 0 Å². The molecule has 0 saturated heterocycles. The van der Waals surface area contributed by atoms with Crippen LogP contribution in [0.15, 0.2) is 0 Å². The Balaban J connectivity index is 2.47. The van der Waals surface area contributed by atoms with Crippen molar-refractivity contribution in [2.24, 2.45) is 23.7 Å². The van der Waals surface area contributed by atoms with Gasteiger partial charge in [0.15, 0.2) is 0 Å². The molecule has 4 atom stereocenters. The van der Waals surface area contributed by atoms with E-state index in [1.165, 1.54) is 12.8 Å². The number of rotatable bonds is 12. The quantitative estimate of drug-likeness (QED) is 0.359. The van der Waals surface area contributed by atoms with Gasteiger partial charge in [-0.05, 0) is 31.1 Å². The summed E-state index contributed by atoms with van der Waals surface area (Å²) in [7, 11) is 0. The molecule has 0 N–H and O–H groups in total. The molecule has 4 unspecified atom stereocenters. The molecule has 0 bridgehead atoms. The molecule has 1 rings (SSSR count). The van der Waals surface area contributed by atoms with E-state index in [1.807, 2.05) is 0 Å².